The van der Waals surface area contributed by atoms with Gasteiger partial charge in [-0.25, -0.2) is 4.98 Å². The molecule has 19 heavy (non-hydrogen) atoms. The highest BCUT2D eigenvalue weighted by Crippen LogP contribution is 2.21. The van der Waals surface area contributed by atoms with Gasteiger partial charge in [0.05, 0.1) is 0 Å². The van der Waals surface area contributed by atoms with E-state index in [-0.39, 0.29) is 0 Å². The molecule has 1 aliphatic heterocycles. The van der Waals surface area contributed by atoms with Gasteiger partial charge >= 0.3 is 0 Å². The predicted octanol–water partition coefficient (Wildman–Crippen LogP) is 2.63. The van der Waals surface area contributed by atoms with E-state index in [4.69, 9.17) is 0 Å². The van der Waals surface area contributed by atoms with Gasteiger partial charge in [0.15, 0.2) is 0 Å². The summed E-state index contributed by atoms with van der Waals surface area (Å²) >= 11 is 0. The molecule has 1 saturated heterocycles. The van der Waals surface area contributed by atoms with E-state index in [0.29, 0.717) is 0 Å². The molecule has 0 amide bonds. The average molecular weight is 255 g/mol. The molecule has 3 heteroatoms. The number of hydrogen-bond donors (Lipinski definition) is 1. The fourth-order valence-corrected chi connectivity index (χ4v) is 2.85. The summed E-state index contributed by atoms with van der Waals surface area (Å²) in [5.41, 5.74) is 2.64. The topological polar surface area (TPSA) is 29.9 Å². The van der Waals surface area contributed by atoms with E-state index in [9.17, 15) is 0 Å². The Hall–Kier alpha value is -1.61. The van der Waals surface area contributed by atoms with Crippen molar-refractivity contribution in [2.75, 3.05) is 13.1 Å². The van der Waals surface area contributed by atoms with Crippen molar-refractivity contribution in [3.05, 3.63) is 42.2 Å². The van der Waals surface area contributed by atoms with Crippen molar-refractivity contribution in [3.63, 3.8) is 0 Å². The predicted molar refractivity (Wildman–Crippen MR) is 77.9 cm³/mol. The molecule has 1 fully saturated rings. The van der Waals surface area contributed by atoms with Crippen molar-refractivity contribution in [3.8, 4) is 11.4 Å². The lowest BCUT2D eigenvalue weighted by Gasteiger charge is -2.22. The number of aryl methyl sites for hydroxylation is 1. The largest absolute Gasteiger partial charge is 0.334 e. The molecule has 1 aliphatic rings. The normalized spacial score (nSPS) is 16.7. The van der Waals surface area contributed by atoms with Crippen LogP contribution in [0.1, 0.15) is 18.4 Å². The molecule has 100 valence electrons. The van der Waals surface area contributed by atoms with Crippen molar-refractivity contribution in [1.82, 2.24) is 14.9 Å². The van der Waals surface area contributed by atoms with Crippen LogP contribution in [0.4, 0.5) is 0 Å². The summed E-state index contributed by atoms with van der Waals surface area (Å²) in [4.78, 5) is 4.39. The molecule has 0 unspecified atom stereocenters. The Morgan fingerprint density at radius 2 is 1.95 bits per heavy atom. The second-order valence-corrected chi connectivity index (χ2v) is 5.46. The van der Waals surface area contributed by atoms with Gasteiger partial charge in [0, 0.05) is 25.0 Å². The van der Waals surface area contributed by atoms with Crippen LogP contribution in [0.3, 0.4) is 0 Å². The van der Waals surface area contributed by atoms with Crippen molar-refractivity contribution < 1.29 is 0 Å². The summed E-state index contributed by atoms with van der Waals surface area (Å²) in [6.07, 6.45) is 7.65. The Bertz CT molecular complexity index is 521. The maximum Gasteiger partial charge on any atom is 0.139 e. The Morgan fingerprint density at radius 3 is 2.58 bits per heavy atom. The third-order valence-corrected chi connectivity index (χ3v) is 4.02. The maximum atomic E-state index is 4.39. The van der Waals surface area contributed by atoms with Gasteiger partial charge in [-0.05, 0) is 43.8 Å². The quantitative estimate of drug-likeness (QED) is 0.913. The van der Waals surface area contributed by atoms with E-state index < -0.39 is 0 Å². The number of nitrogens with one attached hydrogen (secondary N) is 1. The van der Waals surface area contributed by atoms with Gasteiger partial charge in [-0.1, -0.05) is 24.3 Å². The zero-order valence-electron chi connectivity index (χ0n) is 11.5. The first kappa shape index (κ1) is 12.4. The minimum Gasteiger partial charge on any atom is -0.334 e. The summed E-state index contributed by atoms with van der Waals surface area (Å²) in [5.74, 6) is 1.88. The minimum atomic E-state index is 0.847. The van der Waals surface area contributed by atoms with Crippen LogP contribution in [-0.4, -0.2) is 22.6 Å². The van der Waals surface area contributed by atoms with E-state index in [2.05, 4.69) is 39.1 Å². The maximum absolute atomic E-state index is 4.39. The first-order valence-electron chi connectivity index (χ1n) is 7.10. The highest BCUT2D eigenvalue weighted by molar-refractivity contribution is 5.55. The number of aromatic nitrogens is 2. The lowest BCUT2D eigenvalue weighted by Crippen LogP contribution is -2.28. The van der Waals surface area contributed by atoms with Crippen LogP contribution in [0.25, 0.3) is 11.4 Å². The molecule has 3 nitrogen and oxygen atoms in total. The molecule has 0 bridgehead atoms. The second-order valence-electron chi connectivity index (χ2n) is 5.46. The number of imidazole rings is 1. The molecule has 0 spiro atoms. The molecule has 1 aromatic carbocycles. The molecular weight excluding hydrogens is 234 g/mol. The van der Waals surface area contributed by atoms with Crippen LogP contribution < -0.4 is 5.32 Å². The fraction of sp³-hybridized carbons (Fsp3) is 0.438. The van der Waals surface area contributed by atoms with Crippen LogP contribution in [0.2, 0.25) is 0 Å². The summed E-state index contributed by atoms with van der Waals surface area (Å²) in [5, 5.41) is 3.42. The van der Waals surface area contributed by atoms with Gasteiger partial charge in [-0.2, -0.15) is 0 Å². The molecule has 0 saturated carbocycles. The molecular formula is C16H21N3. The van der Waals surface area contributed by atoms with Crippen LogP contribution in [0, 0.1) is 5.92 Å². The number of nitrogens with zero attached hydrogens (tertiary/aromatic N) is 2. The second kappa shape index (κ2) is 5.57. The molecule has 0 radical (unpaired) electrons. The van der Waals surface area contributed by atoms with Gasteiger partial charge in [0.2, 0.25) is 0 Å². The number of benzene rings is 1. The molecule has 2 heterocycles. The van der Waals surface area contributed by atoms with E-state index >= 15 is 0 Å². The monoisotopic (exact) mass is 255 g/mol. The molecule has 3 rings (SSSR count). The Labute approximate surface area is 114 Å². The SMILES string of the molecule is Cn1ccnc1-c1ccc(CC2CCNCC2)cc1. The first-order chi connectivity index (χ1) is 9.33. The number of hydrogen-bond acceptors (Lipinski definition) is 2. The van der Waals surface area contributed by atoms with Crippen LogP contribution >= 0.6 is 0 Å². The van der Waals surface area contributed by atoms with Crippen molar-refractivity contribution >= 4 is 0 Å². The van der Waals surface area contributed by atoms with Gasteiger partial charge in [-0.3, -0.25) is 0 Å². The number of piperidine rings is 1. The molecule has 1 aromatic heterocycles. The Morgan fingerprint density at radius 1 is 1.21 bits per heavy atom. The molecule has 0 atom stereocenters. The van der Waals surface area contributed by atoms with Crippen LogP contribution in [0.5, 0.6) is 0 Å². The van der Waals surface area contributed by atoms with E-state index in [1.54, 1.807) is 0 Å². The molecule has 2 aromatic rings. The Balaban J connectivity index is 1.70. The van der Waals surface area contributed by atoms with Crippen molar-refractivity contribution in [2.24, 2.45) is 13.0 Å². The summed E-state index contributed by atoms with van der Waals surface area (Å²) in [6, 6.07) is 8.90. The smallest absolute Gasteiger partial charge is 0.139 e. The van der Waals surface area contributed by atoms with Crippen molar-refractivity contribution in [1.29, 1.82) is 0 Å². The van der Waals surface area contributed by atoms with E-state index in [1.807, 2.05) is 19.4 Å². The Kier molecular flexibility index (Phi) is 3.65. The van der Waals surface area contributed by atoms with Crippen LogP contribution in [0.15, 0.2) is 36.7 Å². The summed E-state index contributed by atoms with van der Waals surface area (Å²) in [6.45, 7) is 2.35. The van der Waals surface area contributed by atoms with Crippen molar-refractivity contribution in [2.45, 2.75) is 19.3 Å². The third kappa shape index (κ3) is 2.87. The lowest BCUT2D eigenvalue weighted by molar-refractivity contribution is 0.372. The zero-order valence-corrected chi connectivity index (χ0v) is 11.5. The third-order valence-electron chi connectivity index (χ3n) is 4.02. The van der Waals surface area contributed by atoms with Gasteiger partial charge in [0.25, 0.3) is 0 Å². The number of rotatable bonds is 3. The highest BCUT2D eigenvalue weighted by Gasteiger charge is 2.13. The van der Waals surface area contributed by atoms with E-state index in [1.165, 1.54) is 43.5 Å². The van der Waals surface area contributed by atoms with Crippen LogP contribution in [-0.2, 0) is 13.5 Å². The zero-order chi connectivity index (χ0) is 13.1. The van der Waals surface area contributed by atoms with E-state index in [0.717, 1.165) is 11.7 Å². The van der Waals surface area contributed by atoms with Gasteiger partial charge < -0.3 is 9.88 Å². The fourth-order valence-electron chi connectivity index (χ4n) is 2.85. The average Bonchev–Trinajstić information content (AvgIpc) is 2.87. The standard InChI is InChI=1S/C16H21N3/c1-19-11-10-18-16(19)15-4-2-13(3-5-15)12-14-6-8-17-9-7-14/h2-5,10-11,14,17H,6-9,12H2,1H3. The summed E-state index contributed by atoms with van der Waals surface area (Å²) < 4.78 is 2.06. The van der Waals surface area contributed by atoms with Gasteiger partial charge in [0.1, 0.15) is 5.82 Å². The summed E-state index contributed by atoms with van der Waals surface area (Å²) in [7, 11) is 2.03. The highest BCUT2D eigenvalue weighted by atomic mass is 15.0. The minimum absolute atomic E-state index is 0.847. The molecule has 0 aliphatic carbocycles. The van der Waals surface area contributed by atoms with Gasteiger partial charge in [-0.15, -0.1) is 0 Å². The molecule has 1 N–H and O–H groups in total. The first-order valence-corrected chi connectivity index (χ1v) is 7.10. The lowest BCUT2D eigenvalue weighted by atomic mass is 9.91.